The van der Waals surface area contributed by atoms with E-state index in [1.807, 2.05) is 35.2 Å². The highest BCUT2D eigenvalue weighted by Crippen LogP contribution is 2.31. The number of nitrogens with zero attached hydrogens (tertiary/aromatic N) is 5. The number of thiazole rings is 1. The molecule has 4 rings (SSSR count). The molecule has 0 aliphatic carbocycles. The molecule has 35 heavy (non-hydrogen) atoms. The van der Waals surface area contributed by atoms with E-state index in [-0.39, 0.29) is 24.2 Å². The lowest BCUT2D eigenvalue weighted by Gasteiger charge is -2.31. The summed E-state index contributed by atoms with van der Waals surface area (Å²) in [7, 11) is 0. The van der Waals surface area contributed by atoms with E-state index < -0.39 is 0 Å². The van der Waals surface area contributed by atoms with Crippen molar-refractivity contribution in [2.24, 2.45) is 0 Å². The van der Waals surface area contributed by atoms with Gasteiger partial charge in [-0.3, -0.25) is 14.6 Å². The number of nitriles is 1. The summed E-state index contributed by atoms with van der Waals surface area (Å²) < 4.78 is 0. The monoisotopic (exact) mass is 507 g/mol. The summed E-state index contributed by atoms with van der Waals surface area (Å²) >= 11 is 7.70. The first-order chi connectivity index (χ1) is 17.0. The number of likely N-dealkylation sites (tertiary alicyclic amines) is 1. The van der Waals surface area contributed by atoms with Crippen molar-refractivity contribution in [2.45, 2.75) is 38.1 Å². The Labute approximate surface area is 214 Å². The molecule has 0 radical (unpaired) electrons. The molecule has 1 fully saturated rings. The molecule has 3 aromatic rings. The molecule has 0 atom stereocenters. The van der Waals surface area contributed by atoms with Crippen molar-refractivity contribution >= 4 is 34.8 Å². The summed E-state index contributed by atoms with van der Waals surface area (Å²) in [5.41, 5.74) is 2.16. The zero-order chi connectivity index (χ0) is 24.6. The molecule has 7 nitrogen and oxygen atoms in total. The minimum absolute atomic E-state index is 0.0788. The van der Waals surface area contributed by atoms with Gasteiger partial charge in [0.25, 0.3) is 5.91 Å². The zero-order valence-corrected chi connectivity index (χ0v) is 20.8. The van der Waals surface area contributed by atoms with Gasteiger partial charge in [0.05, 0.1) is 23.9 Å². The summed E-state index contributed by atoms with van der Waals surface area (Å²) in [4.78, 5) is 38.2. The highest BCUT2D eigenvalue weighted by atomic mass is 35.5. The van der Waals surface area contributed by atoms with Gasteiger partial charge in [-0.25, -0.2) is 4.98 Å². The third-order valence-corrected chi connectivity index (χ3v) is 7.49. The van der Waals surface area contributed by atoms with Gasteiger partial charge in [-0.15, -0.1) is 11.3 Å². The number of halogens is 1. The standard InChI is InChI=1S/C26H26ClN5O2S/c27-22-7-2-1-6-21(22)15-24(33)31-13-8-20(9-14-31)25-30-23(18-35-25)26(34)32(12-4-10-28)17-19-5-3-11-29-16-19/h1-3,5-7,11,16,18,20H,4,8-9,12-15,17H2. The second-order valence-electron chi connectivity index (χ2n) is 8.49. The molecule has 0 N–H and O–H groups in total. The third kappa shape index (κ3) is 6.44. The lowest BCUT2D eigenvalue weighted by Crippen LogP contribution is -2.38. The number of hydrogen-bond acceptors (Lipinski definition) is 6. The molecule has 3 heterocycles. The maximum Gasteiger partial charge on any atom is 0.273 e. The van der Waals surface area contributed by atoms with E-state index in [0.717, 1.165) is 29.0 Å². The first-order valence-corrected chi connectivity index (χ1v) is 12.8. The van der Waals surface area contributed by atoms with Gasteiger partial charge in [-0.05, 0) is 36.1 Å². The number of piperidine rings is 1. The Balaban J connectivity index is 1.35. The first-order valence-electron chi connectivity index (χ1n) is 11.6. The van der Waals surface area contributed by atoms with Crippen LogP contribution < -0.4 is 0 Å². The molecule has 0 spiro atoms. The van der Waals surface area contributed by atoms with Crippen LogP contribution in [0.1, 0.15) is 51.8 Å². The maximum absolute atomic E-state index is 13.2. The number of benzene rings is 1. The van der Waals surface area contributed by atoms with Crippen LogP contribution in [0.25, 0.3) is 0 Å². The molecule has 2 aromatic heterocycles. The fraction of sp³-hybridized carbons (Fsp3) is 0.346. The van der Waals surface area contributed by atoms with Crippen LogP contribution >= 0.6 is 22.9 Å². The molecule has 0 unspecified atom stereocenters. The molecule has 1 aliphatic rings. The lowest BCUT2D eigenvalue weighted by molar-refractivity contribution is -0.131. The zero-order valence-electron chi connectivity index (χ0n) is 19.3. The van der Waals surface area contributed by atoms with Gasteiger partial charge in [0.1, 0.15) is 5.69 Å². The molecule has 1 aromatic carbocycles. The molecule has 180 valence electrons. The molecular weight excluding hydrogens is 482 g/mol. The Morgan fingerprint density at radius 3 is 2.71 bits per heavy atom. The number of carbonyl (C=O) groups is 2. The predicted molar refractivity (Wildman–Crippen MR) is 135 cm³/mol. The average Bonchev–Trinajstić information content (AvgIpc) is 3.38. The van der Waals surface area contributed by atoms with Gasteiger partial charge in [0.15, 0.2) is 0 Å². The van der Waals surface area contributed by atoms with E-state index in [1.165, 1.54) is 11.3 Å². The van der Waals surface area contributed by atoms with Crippen molar-refractivity contribution in [1.82, 2.24) is 19.8 Å². The van der Waals surface area contributed by atoms with E-state index in [2.05, 4.69) is 16.0 Å². The lowest BCUT2D eigenvalue weighted by atomic mass is 9.97. The average molecular weight is 508 g/mol. The van der Waals surface area contributed by atoms with Crippen molar-refractivity contribution in [1.29, 1.82) is 5.26 Å². The third-order valence-electron chi connectivity index (χ3n) is 6.11. The normalized spacial score (nSPS) is 13.9. The Bertz CT molecular complexity index is 1200. The summed E-state index contributed by atoms with van der Waals surface area (Å²) in [6, 6.07) is 13.3. The van der Waals surface area contributed by atoms with Gasteiger partial charge < -0.3 is 9.80 Å². The van der Waals surface area contributed by atoms with Crippen LogP contribution in [0.15, 0.2) is 54.2 Å². The smallest absolute Gasteiger partial charge is 0.273 e. The van der Waals surface area contributed by atoms with Crippen LogP contribution in [0.2, 0.25) is 5.02 Å². The summed E-state index contributed by atoms with van der Waals surface area (Å²) in [5.74, 6) is 0.117. The van der Waals surface area contributed by atoms with Crippen molar-refractivity contribution in [3.63, 3.8) is 0 Å². The second kappa shape index (κ2) is 11.9. The van der Waals surface area contributed by atoms with Gasteiger partial charge in [0.2, 0.25) is 5.91 Å². The topological polar surface area (TPSA) is 90.2 Å². The van der Waals surface area contributed by atoms with Crippen molar-refractivity contribution in [3.8, 4) is 6.07 Å². The number of rotatable bonds is 8. The molecule has 9 heteroatoms. The van der Waals surface area contributed by atoms with E-state index in [4.69, 9.17) is 16.9 Å². The first kappa shape index (κ1) is 24.8. The summed E-state index contributed by atoms with van der Waals surface area (Å²) in [5, 5.41) is 12.4. The summed E-state index contributed by atoms with van der Waals surface area (Å²) in [6.45, 7) is 2.04. The van der Waals surface area contributed by atoms with Gasteiger partial charge in [-0.1, -0.05) is 35.9 Å². The van der Waals surface area contributed by atoms with Crippen LogP contribution in [-0.2, 0) is 17.8 Å². The second-order valence-corrected chi connectivity index (χ2v) is 9.79. The van der Waals surface area contributed by atoms with Crippen LogP contribution in [0, 0.1) is 11.3 Å². The van der Waals surface area contributed by atoms with Gasteiger partial charge >= 0.3 is 0 Å². The van der Waals surface area contributed by atoms with Crippen molar-refractivity contribution in [3.05, 3.63) is 81.0 Å². The Morgan fingerprint density at radius 1 is 1.20 bits per heavy atom. The minimum atomic E-state index is -0.182. The van der Waals surface area contributed by atoms with Crippen LogP contribution in [0.4, 0.5) is 0 Å². The fourth-order valence-electron chi connectivity index (χ4n) is 4.18. The minimum Gasteiger partial charge on any atom is -0.342 e. The molecule has 1 saturated heterocycles. The predicted octanol–water partition coefficient (Wildman–Crippen LogP) is 4.70. The number of pyridine rings is 1. The SMILES string of the molecule is N#CCCN(Cc1cccnc1)C(=O)c1csc(C2CCN(C(=O)Cc3ccccc3Cl)CC2)n1. The number of aromatic nitrogens is 2. The molecular formula is C26H26ClN5O2S. The van der Waals surface area contributed by atoms with E-state index >= 15 is 0 Å². The highest BCUT2D eigenvalue weighted by molar-refractivity contribution is 7.09. The van der Waals surface area contributed by atoms with E-state index in [9.17, 15) is 9.59 Å². The van der Waals surface area contributed by atoms with E-state index in [1.54, 1.807) is 28.7 Å². The molecule has 0 bridgehead atoms. The van der Waals surface area contributed by atoms with Crippen molar-refractivity contribution < 1.29 is 9.59 Å². The van der Waals surface area contributed by atoms with Crippen LogP contribution in [0.5, 0.6) is 0 Å². The van der Waals surface area contributed by atoms with Gasteiger partial charge in [-0.2, -0.15) is 5.26 Å². The Kier molecular flexibility index (Phi) is 8.45. The fourth-order valence-corrected chi connectivity index (χ4v) is 5.34. The maximum atomic E-state index is 13.2. The van der Waals surface area contributed by atoms with Crippen molar-refractivity contribution in [2.75, 3.05) is 19.6 Å². The number of hydrogen-bond donors (Lipinski definition) is 0. The Morgan fingerprint density at radius 2 is 2.00 bits per heavy atom. The molecule has 0 saturated carbocycles. The molecule has 2 amide bonds. The largest absolute Gasteiger partial charge is 0.342 e. The quantitative estimate of drug-likeness (QED) is 0.441. The number of carbonyl (C=O) groups excluding carboxylic acids is 2. The van der Waals surface area contributed by atoms with Gasteiger partial charge in [0, 0.05) is 54.9 Å². The highest BCUT2D eigenvalue weighted by Gasteiger charge is 2.27. The van der Waals surface area contributed by atoms with Crippen LogP contribution in [-0.4, -0.2) is 51.2 Å². The summed E-state index contributed by atoms with van der Waals surface area (Å²) in [6.07, 6.45) is 5.58. The number of amides is 2. The van der Waals surface area contributed by atoms with Crippen LogP contribution in [0.3, 0.4) is 0 Å². The Hall–Kier alpha value is -3.28. The van der Waals surface area contributed by atoms with E-state index in [0.29, 0.717) is 43.3 Å². The molecule has 1 aliphatic heterocycles.